The van der Waals surface area contributed by atoms with E-state index in [0.717, 1.165) is 16.7 Å². The van der Waals surface area contributed by atoms with E-state index in [-0.39, 0.29) is 28.6 Å². The zero-order valence-electron chi connectivity index (χ0n) is 17.5. The number of aryl methyl sites for hydroxylation is 1. The van der Waals surface area contributed by atoms with Crippen molar-refractivity contribution in [2.45, 2.75) is 25.3 Å². The Morgan fingerprint density at radius 2 is 1.78 bits per heavy atom. The Bertz CT molecular complexity index is 1500. The SMILES string of the molecule is CCS(=O)(=O)c1ccc(Cl)cc1Cn1cnc2c(-c3ccc(F)cc3)cc(C)cc2c1=O. The highest BCUT2D eigenvalue weighted by Crippen LogP contribution is 2.28. The molecule has 1 aromatic heterocycles. The summed E-state index contributed by atoms with van der Waals surface area (Å²) in [6, 6.07) is 14.2. The molecule has 0 amide bonds. The van der Waals surface area contributed by atoms with Crippen molar-refractivity contribution in [2.75, 3.05) is 5.75 Å². The van der Waals surface area contributed by atoms with Crippen LogP contribution in [0.25, 0.3) is 22.0 Å². The van der Waals surface area contributed by atoms with Gasteiger partial charge in [-0.3, -0.25) is 9.36 Å². The lowest BCUT2D eigenvalue weighted by Crippen LogP contribution is -2.22. The number of rotatable bonds is 5. The van der Waals surface area contributed by atoms with Gasteiger partial charge in [-0.1, -0.05) is 30.7 Å². The van der Waals surface area contributed by atoms with E-state index in [1.807, 2.05) is 13.0 Å². The first-order chi connectivity index (χ1) is 15.2. The third-order valence-electron chi connectivity index (χ3n) is 5.31. The number of hydrogen-bond acceptors (Lipinski definition) is 4. The summed E-state index contributed by atoms with van der Waals surface area (Å²) < 4.78 is 39.8. The molecule has 0 fully saturated rings. The summed E-state index contributed by atoms with van der Waals surface area (Å²) in [4.78, 5) is 18.0. The molecule has 0 atom stereocenters. The Labute approximate surface area is 190 Å². The highest BCUT2D eigenvalue weighted by molar-refractivity contribution is 7.91. The molecular formula is C24H20ClFN2O3S. The molecule has 0 saturated carbocycles. The molecule has 8 heteroatoms. The first-order valence-electron chi connectivity index (χ1n) is 9.96. The minimum atomic E-state index is -3.50. The molecule has 0 unspecified atom stereocenters. The number of nitrogens with zero attached hydrogens (tertiary/aromatic N) is 2. The highest BCUT2D eigenvalue weighted by atomic mass is 35.5. The van der Waals surface area contributed by atoms with Gasteiger partial charge in [0.2, 0.25) is 0 Å². The fraction of sp³-hybridized carbons (Fsp3) is 0.167. The Hall–Kier alpha value is -3.03. The van der Waals surface area contributed by atoms with Crippen LogP contribution in [0.15, 0.2) is 70.6 Å². The van der Waals surface area contributed by atoms with Gasteiger partial charge in [-0.2, -0.15) is 0 Å². The maximum Gasteiger partial charge on any atom is 0.261 e. The summed E-state index contributed by atoms with van der Waals surface area (Å²) in [6.45, 7) is 3.44. The van der Waals surface area contributed by atoms with Crippen LogP contribution in [-0.2, 0) is 16.4 Å². The van der Waals surface area contributed by atoms with Crippen LogP contribution >= 0.6 is 11.6 Å². The normalized spacial score (nSPS) is 11.8. The summed E-state index contributed by atoms with van der Waals surface area (Å²) in [6.07, 6.45) is 1.40. The van der Waals surface area contributed by atoms with Crippen LogP contribution in [0.5, 0.6) is 0 Å². The molecule has 4 rings (SSSR count). The summed E-state index contributed by atoms with van der Waals surface area (Å²) in [5.74, 6) is -0.410. The maximum atomic E-state index is 13.4. The fourth-order valence-electron chi connectivity index (χ4n) is 3.69. The third-order valence-corrected chi connectivity index (χ3v) is 7.37. The Morgan fingerprint density at radius 1 is 1.06 bits per heavy atom. The van der Waals surface area contributed by atoms with Gasteiger partial charge >= 0.3 is 0 Å². The van der Waals surface area contributed by atoms with Gasteiger partial charge in [-0.25, -0.2) is 17.8 Å². The molecular weight excluding hydrogens is 451 g/mol. The second-order valence-corrected chi connectivity index (χ2v) is 10.2. The predicted octanol–water partition coefficient (Wildman–Crippen LogP) is 5.01. The van der Waals surface area contributed by atoms with Gasteiger partial charge in [0, 0.05) is 10.6 Å². The van der Waals surface area contributed by atoms with Crippen molar-refractivity contribution < 1.29 is 12.8 Å². The topological polar surface area (TPSA) is 69.0 Å². The number of benzene rings is 3. The minimum absolute atomic E-state index is 0.0106. The number of sulfone groups is 1. The van der Waals surface area contributed by atoms with E-state index in [1.54, 1.807) is 31.2 Å². The smallest absolute Gasteiger partial charge is 0.261 e. The average molecular weight is 471 g/mol. The monoisotopic (exact) mass is 470 g/mol. The third kappa shape index (κ3) is 4.18. The zero-order valence-corrected chi connectivity index (χ0v) is 19.0. The standard InChI is InChI=1S/C24H20ClFN2O3S/c1-3-32(30,31)22-9-6-18(25)12-17(22)13-28-14-27-23-20(16-4-7-19(26)8-5-16)10-15(2)11-21(23)24(28)29/h4-12,14H,3,13H2,1-2H3. The van der Waals surface area contributed by atoms with Crippen molar-refractivity contribution in [2.24, 2.45) is 0 Å². The molecule has 0 aliphatic carbocycles. The van der Waals surface area contributed by atoms with Gasteiger partial charge in [-0.05, 0) is 66.1 Å². The summed E-state index contributed by atoms with van der Waals surface area (Å²) in [5, 5.41) is 0.778. The average Bonchev–Trinajstić information content (AvgIpc) is 2.76. The van der Waals surface area contributed by atoms with Crippen molar-refractivity contribution >= 4 is 32.3 Å². The molecule has 0 radical (unpaired) electrons. The predicted molar refractivity (Wildman–Crippen MR) is 124 cm³/mol. The van der Waals surface area contributed by atoms with Crippen molar-refractivity contribution in [3.05, 3.63) is 93.2 Å². The second kappa shape index (κ2) is 8.48. The van der Waals surface area contributed by atoms with Crippen molar-refractivity contribution in [1.82, 2.24) is 9.55 Å². The van der Waals surface area contributed by atoms with Gasteiger partial charge in [0.15, 0.2) is 9.84 Å². The molecule has 0 aliphatic heterocycles. The van der Waals surface area contributed by atoms with Gasteiger partial charge in [-0.15, -0.1) is 0 Å². The van der Waals surface area contributed by atoms with Gasteiger partial charge in [0.05, 0.1) is 34.4 Å². The lowest BCUT2D eigenvalue weighted by Gasteiger charge is -2.13. The molecule has 3 aromatic carbocycles. The fourth-order valence-corrected chi connectivity index (χ4v) is 5.00. The lowest BCUT2D eigenvalue weighted by atomic mass is 10.00. The first-order valence-corrected chi connectivity index (χ1v) is 12.0. The molecule has 164 valence electrons. The quantitative estimate of drug-likeness (QED) is 0.411. The molecule has 0 N–H and O–H groups in total. The molecule has 4 aromatic rings. The van der Waals surface area contributed by atoms with Crippen LogP contribution in [0.1, 0.15) is 18.1 Å². The van der Waals surface area contributed by atoms with Crippen LogP contribution in [-0.4, -0.2) is 23.7 Å². The number of fused-ring (bicyclic) bond motifs is 1. The number of halogens is 2. The Balaban J connectivity index is 1.87. The minimum Gasteiger partial charge on any atom is -0.294 e. The summed E-state index contributed by atoms with van der Waals surface area (Å²) >= 11 is 6.11. The highest BCUT2D eigenvalue weighted by Gasteiger charge is 2.18. The van der Waals surface area contributed by atoms with Crippen LogP contribution in [0.2, 0.25) is 5.02 Å². The van der Waals surface area contributed by atoms with Gasteiger partial charge in [0.1, 0.15) is 5.82 Å². The Morgan fingerprint density at radius 3 is 2.47 bits per heavy atom. The van der Waals surface area contributed by atoms with E-state index in [1.165, 1.54) is 35.2 Å². The molecule has 0 bridgehead atoms. The molecule has 1 heterocycles. The van der Waals surface area contributed by atoms with Gasteiger partial charge in [0.25, 0.3) is 5.56 Å². The summed E-state index contributed by atoms with van der Waals surface area (Å²) in [7, 11) is -3.50. The summed E-state index contributed by atoms with van der Waals surface area (Å²) in [5.41, 5.74) is 2.94. The first kappa shape index (κ1) is 22.2. The number of aromatic nitrogens is 2. The van der Waals surface area contributed by atoms with Gasteiger partial charge < -0.3 is 0 Å². The lowest BCUT2D eigenvalue weighted by molar-refractivity contribution is 0.595. The van der Waals surface area contributed by atoms with Crippen LogP contribution in [0.3, 0.4) is 0 Å². The zero-order chi connectivity index (χ0) is 23.0. The largest absolute Gasteiger partial charge is 0.294 e. The number of hydrogen-bond donors (Lipinski definition) is 0. The van der Waals surface area contributed by atoms with E-state index < -0.39 is 9.84 Å². The van der Waals surface area contributed by atoms with Crippen molar-refractivity contribution in [3.8, 4) is 11.1 Å². The molecule has 0 saturated heterocycles. The maximum absolute atomic E-state index is 13.4. The Kier molecular flexibility index (Phi) is 5.88. The van der Waals surface area contributed by atoms with Crippen molar-refractivity contribution in [1.29, 1.82) is 0 Å². The van der Waals surface area contributed by atoms with Crippen LogP contribution in [0, 0.1) is 12.7 Å². The van der Waals surface area contributed by atoms with Crippen LogP contribution < -0.4 is 5.56 Å². The van der Waals surface area contributed by atoms with E-state index >= 15 is 0 Å². The van der Waals surface area contributed by atoms with E-state index in [0.29, 0.717) is 21.5 Å². The van der Waals surface area contributed by atoms with E-state index in [2.05, 4.69) is 4.98 Å². The molecule has 5 nitrogen and oxygen atoms in total. The van der Waals surface area contributed by atoms with E-state index in [4.69, 9.17) is 11.6 Å². The molecule has 0 spiro atoms. The van der Waals surface area contributed by atoms with E-state index in [9.17, 15) is 17.6 Å². The molecule has 0 aliphatic rings. The molecule has 32 heavy (non-hydrogen) atoms. The van der Waals surface area contributed by atoms with Crippen LogP contribution in [0.4, 0.5) is 4.39 Å². The second-order valence-electron chi connectivity index (χ2n) is 7.55. The van der Waals surface area contributed by atoms with Crippen molar-refractivity contribution in [3.63, 3.8) is 0 Å².